The second-order valence-electron chi connectivity index (χ2n) is 8.18. The highest BCUT2D eigenvalue weighted by molar-refractivity contribution is 5.76. The van der Waals surface area contributed by atoms with E-state index in [1.807, 2.05) is 9.58 Å². The van der Waals surface area contributed by atoms with Crippen LogP contribution in [0.1, 0.15) is 44.5 Å². The Morgan fingerprint density at radius 2 is 2.11 bits per heavy atom. The maximum Gasteiger partial charge on any atom is 0.317 e. The lowest BCUT2D eigenvalue weighted by Crippen LogP contribution is -2.55. The standard InChI is InChI=1S/C18H30N6O3/c1-13(2)8-16(25)23-7-5-6-18(11-23)12-24-15(10-27-18)14(20-21-24)9-19-17(26)22(3)4/h13H,5-12H2,1-4H3,(H,19,26). The fourth-order valence-electron chi connectivity index (χ4n) is 3.68. The maximum atomic E-state index is 12.5. The van der Waals surface area contributed by atoms with Crippen molar-refractivity contribution in [3.63, 3.8) is 0 Å². The van der Waals surface area contributed by atoms with Gasteiger partial charge in [0.2, 0.25) is 5.91 Å². The van der Waals surface area contributed by atoms with Gasteiger partial charge < -0.3 is 19.9 Å². The predicted octanol–water partition coefficient (Wildman–Crippen LogP) is 0.987. The predicted molar refractivity (Wildman–Crippen MR) is 98.7 cm³/mol. The zero-order valence-corrected chi connectivity index (χ0v) is 16.7. The summed E-state index contributed by atoms with van der Waals surface area (Å²) in [7, 11) is 3.39. The molecular weight excluding hydrogens is 348 g/mol. The molecule has 1 N–H and O–H groups in total. The zero-order chi connectivity index (χ0) is 19.6. The largest absolute Gasteiger partial charge is 0.365 e. The summed E-state index contributed by atoms with van der Waals surface area (Å²) in [6.07, 6.45) is 2.41. The highest BCUT2D eigenvalue weighted by Crippen LogP contribution is 2.32. The molecule has 3 amide bonds. The van der Waals surface area contributed by atoms with Crippen LogP contribution < -0.4 is 5.32 Å². The molecule has 27 heavy (non-hydrogen) atoms. The Balaban J connectivity index is 1.65. The van der Waals surface area contributed by atoms with E-state index in [1.54, 1.807) is 14.1 Å². The first kappa shape index (κ1) is 19.6. The van der Waals surface area contributed by atoms with Crippen molar-refractivity contribution in [2.24, 2.45) is 5.92 Å². The molecule has 3 rings (SSSR count). The van der Waals surface area contributed by atoms with Gasteiger partial charge in [-0.25, -0.2) is 9.48 Å². The minimum absolute atomic E-state index is 0.170. The van der Waals surface area contributed by atoms with Crippen LogP contribution in [0.3, 0.4) is 0 Å². The van der Waals surface area contributed by atoms with Gasteiger partial charge in [-0.05, 0) is 18.8 Å². The number of carbonyl (C=O) groups is 2. The van der Waals surface area contributed by atoms with Gasteiger partial charge in [-0.1, -0.05) is 19.1 Å². The van der Waals surface area contributed by atoms with Gasteiger partial charge in [0.25, 0.3) is 0 Å². The third kappa shape index (κ3) is 4.40. The van der Waals surface area contributed by atoms with Crippen LogP contribution in [0.2, 0.25) is 0 Å². The van der Waals surface area contributed by atoms with Crippen molar-refractivity contribution in [3.8, 4) is 0 Å². The molecule has 1 aromatic rings. The summed E-state index contributed by atoms with van der Waals surface area (Å²) in [6, 6.07) is -0.170. The molecule has 9 nitrogen and oxygen atoms in total. The average Bonchev–Trinajstić information content (AvgIpc) is 3.00. The van der Waals surface area contributed by atoms with Crippen LogP contribution in [0, 0.1) is 5.92 Å². The Kier molecular flexibility index (Phi) is 5.69. The summed E-state index contributed by atoms with van der Waals surface area (Å²) in [5, 5.41) is 11.3. The van der Waals surface area contributed by atoms with Crippen LogP contribution in [-0.2, 0) is 29.2 Å². The molecule has 3 heterocycles. The Morgan fingerprint density at radius 3 is 2.81 bits per heavy atom. The molecule has 9 heteroatoms. The van der Waals surface area contributed by atoms with Crippen LogP contribution in [0.4, 0.5) is 4.79 Å². The number of amides is 3. The highest BCUT2D eigenvalue weighted by atomic mass is 16.5. The van der Waals surface area contributed by atoms with Gasteiger partial charge in [-0.3, -0.25) is 4.79 Å². The number of rotatable bonds is 4. The van der Waals surface area contributed by atoms with Crippen molar-refractivity contribution in [2.45, 2.75) is 58.4 Å². The Bertz CT molecular complexity index is 701. The first-order chi connectivity index (χ1) is 12.8. The van der Waals surface area contributed by atoms with Crippen LogP contribution in [0.25, 0.3) is 0 Å². The van der Waals surface area contributed by atoms with Crippen LogP contribution >= 0.6 is 0 Å². The molecule has 1 atom stereocenters. The fourth-order valence-corrected chi connectivity index (χ4v) is 3.68. The first-order valence-corrected chi connectivity index (χ1v) is 9.58. The number of aromatic nitrogens is 3. The van der Waals surface area contributed by atoms with E-state index in [9.17, 15) is 9.59 Å². The molecule has 150 valence electrons. The average molecular weight is 378 g/mol. The SMILES string of the molecule is CC(C)CC(=O)N1CCCC2(C1)Cn1nnc(CNC(=O)N(C)C)c1CO2. The molecule has 0 saturated carbocycles. The lowest BCUT2D eigenvalue weighted by Gasteiger charge is -2.44. The number of fused-ring (bicyclic) bond motifs is 1. The summed E-state index contributed by atoms with van der Waals surface area (Å²) in [5.41, 5.74) is 1.23. The summed E-state index contributed by atoms with van der Waals surface area (Å²) in [4.78, 5) is 27.6. The Hall–Kier alpha value is -2.16. The van der Waals surface area contributed by atoms with Gasteiger partial charge in [0, 0.05) is 27.1 Å². The number of nitrogens with one attached hydrogen (secondary N) is 1. The van der Waals surface area contributed by atoms with Crippen molar-refractivity contribution < 1.29 is 14.3 Å². The molecule has 1 saturated heterocycles. The van der Waals surface area contributed by atoms with Crippen LogP contribution in [0.15, 0.2) is 0 Å². The number of urea groups is 1. The number of hydrogen-bond donors (Lipinski definition) is 1. The van der Waals surface area contributed by atoms with Crippen LogP contribution in [0.5, 0.6) is 0 Å². The number of likely N-dealkylation sites (tertiary alicyclic amines) is 1. The molecule has 0 aromatic carbocycles. The minimum atomic E-state index is -0.393. The molecule has 1 unspecified atom stereocenters. The third-order valence-corrected chi connectivity index (χ3v) is 5.16. The summed E-state index contributed by atoms with van der Waals surface area (Å²) < 4.78 is 8.13. The topological polar surface area (TPSA) is 92.6 Å². The van der Waals surface area contributed by atoms with Gasteiger partial charge in [-0.15, -0.1) is 5.10 Å². The van der Waals surface area contributed by atoms with E-state index in [0.29, 0.717) is 38.6 Å². The minimum Gasteiger partial charge on any atom is -0.365 e. The summed E-state index contributed by atoms with van der Waals surface area (Å²) in [6.45, 7) is 6.82. The van der Waals surface area contributed by atoms with Crippen molar-refractivity contribution >= 4 is 11.9 Å². The molecule has 0 aliphatic carbocycles. The van der Waals surface area contributed by atoms with E-state index in [4.69, 9.17) is 4.74 Å². The van der Waals surface area contributed by atoms with Gasteiger partial charge >= 0.3 is 6.03 Å². The lowest BCUT2D eigenvalue weighted by molar-refractivity contribution is -0.153. The Labute approximate surface area is 160 Å². The fraction of sp³-hybridized carbons (Fsp3) is 0.778. The monoisotopic (exact) mass is 378 g/mol. The first-order valence-electron chi connectivity index (χ1n) is 9.58. The van der Waals surface area contributed by atoms with Crippen molar-refractivity contribution in [3.05, 3.63) is 11.4 Å². The van der Waals surface area contributed by atoms with E-state index in [1.165, 1.54) is 4.90 Å². The van der Waals surface area contributed by atoms with Crippen molar-refractivity contribution in [1.29, 1.82) is 0 Å². The summed E-state index contributed by atoms with van der Waals surface area (Å²) >= 11 is 0. The molecule has 2 aliphatic heterocycles. The van der Waals surface area contributed by atoms with E-state index in [0.717, 1.165) is 30.8 Å². The van der Waals surface area contributed by atoms with E-state index in [2.05, 4.69) is 29.5 Å². The normalized spacial score (nSPS) is 22.0. The van der Waals surface area contributed by atoms with Crippen molar-refractivity contribution in [1.82, 2.24) is 30.1 Å². The van der Waals surface area contributed by atoms with Gasteiger partial charge in [-0.2, -0.15) is 0 Å². The molecule has 1 fully saturated rings. The molecule has 2 aliphatic rings. The molecule has 1 aromatic heterocycles. The number of carbonyl (C=O) groups excluding carboxylic acids is 2. The number of ether oxygens (including phenoxy) is 1. The summed E-state index contributed by atoms with van der Waals surface area (Å²) in [5.74, 6) is 0.550. The smallest absolute Gasteiger partial charge is 0.317 e. The van der Waals surface area contributed by atoms with Crippen molar-refractivity contribution in [2.75, 3.05) is 27.2 Å². The quantitative estimate of drug-likeness (QED) is 0.843. The highest BCUT2D eigenvalue weighted by Gasteiger charge is 2.42. The zero-order valence-electron chi connectivity index (χ0n) is 16.7. The number of nitrogens with zero attached hydrogens (tertiary/aromatic N) is 5. The second-order valence-corrected chi connectivity index (χ2v) is 8.18. The second kappa shape index (κ2) is 7.84. The van der Waals surface area contributed by atoms with E-state index < -0.39 is 5.60 Å². The molecule has 0 bridgehead atoms. The van der Waals surface area contributed by atoms with E-state index in [-0.39, 0.29) is 11.9 Å². The maximum absolute atomic E-state index is 12.5. The van der Waals surface area contributed by atoms with E-state index >= 15 is 0 Å². The van der Waals surface area contributed by atoms with Crippen LogP contribution in [-0.4, -0.2) is 69.5 Å². The molecule has 1 spiro atoms. The number of piperidine rings is 1. The molecule has 0 radical (unpaired) electrons. The lowest BCUT2D eigenvalue weighted by atomic mass is 9.90. The Morgan fingerprint density at radius 1 is 1.33 bits per heavy atom. The third-order valence-electron chi connectivity index (χ3n) is 5.16. The van der Waals surface area contributed by atoms with Gasteiger partial charge in [0.15, 0.2) is 0 Å². The van der Waals surface area contributed by atoms with Gasteiger partial charge in [0.1, 0.15) is 11.3 Å². The van der Waals surface area contributed by atoms with Gasteiger partial charge in [0.05, 0.1) is 31.9 Å². The molecular formula is C18H30N6O3. The number of hydrogen-bond acceptors (Lipinski definition) is 5.